The summed E-state index contributed by atoms with van der Waals surface area (Å²) in [4.78, 5) is 10.7. The van der Waals surface area contributed by atoms with E-state index in [2.05, 4.69) is 5.32 Å². The normalized spacial score (nSPS) is 37.6. The molecule has 3 atom stereocenters. The zero-order valence-electron chi connectivity index (χ0n) is 8.24. The van der Waals surface area contributed by atoms with Gasteiger partial charge in [0.25, 0.3) is 0 Å². The third-order valence-corrected chi connectivity index (χ3v) is 4.44. The summed E-state index contributed by atoms with van der Waals surface area (Å²) in [6.45, 7) is 0.901. The molecule has 2 heterocycles. The lowest BCUT2D eigenvalue weighted by Gasteiger charge is -2.13. The summed E-state index contributed by atoms with van der Waals surface area (Å²) in [6, 6.07) is -0.283. The molecule has 0 aromatic carbocycles. The van der Waals surface area contributed by atoms with Gasteiger partial charge in [-0.2, -0.15) is 11.8 Å². The molecule has 0 aromatic rings. The summed E-state index contributed by atoms with van der Waals surface area (Å²) in [7, 11) is 0. The van der Waals surface area contributed by atoms with Crippen LogP contribution < -0.4 is 5.32 Å². The van der Waals surface area contributed by atoms with Crippen LogP contribution >= 0.6 is 11.8 Å². The second-order valence-corrected chi connectivity index (χ2v) is 5.52. The summed E-state index contributed by atoms with van der Waals surface area (Å²) < 4.78 is 0. The van der Waals surface area contributed by atoms with Crippen molar-refractivity contribution in [1.82, 2.24) is 5.32 Å². The first kappa shape index (κ1) is 10.3. The van der Waals surface area contributed by atoms with E-state index in [0.29, 0.717) is 5.92 Å². The molecule has 2 N–H and O–H groups in total. The number of thioether (sulfide) groups is 1. The summed E-state index contributed by atoms with van der Waals surface area (Å²) in [6.07, 6.45) is 3.39. The monoisotopic (exact) mass is 215 g/mol. The molecule has 0 aliphatic carbocycles. The number of aliphatic carboxylic acids is 1. The van der Waals surface area contributed by atoms with Gasteiger partial charge in [0.05, 0.1) is 0 Å². The molecule has 0 amide bonds. The number of carboxylic acid groups (broad SMARTS) is 1. The number of rotatable bonds is 3. The highest BCUT2D eigenvalue weighted by molar-refractivity contribution is 7.99. The summed E-state index contributed by atoms with van der Waals surface area (Å²) in [5.74, 6) is 3.34. The van der Waals surface area contributed by atoms with Gasteiger partial charge in [0.15, 0.2) is 0 Å². The van der Waals surface area contributed by atoms with Crippen LogP contribution in [-0.4, -0.2) is 35.2 Å². The minimum absolute atomic E-state index is 0.283. The molecule has 80 valence electrons. The van der Waals surface area contributed by atoms with E-state index >= 15 is 0 Å². The average Bonchev–Trinajstić information content (AvgIpc) is 2.75. The molecule has 0 saturated carbocycles. The third-order valence-electron chi connectivity index (χ3n) is 3.21. The summed E-state index contributed by atoms with van der Waals surface area (Å²) >= 11 is 2.04. The minimum atomic E-state index is -0.687. The Morgan fingerprint density at radius 2 is 2.36 bits per heavy atom. The van der Waals surface area contributed by atoms with Crippen molar-refractivity contribution in [3.63, 3.8) is 0 Å². The molecule has 4 heteroatoms. The zero-order valence-corrected chi connectivity index (χ0v) is 9.05. The first-order chi connectivity index (χ1) is 6.75. The van der Waals surface area contributed by atoms with Crippen LogP contribution in [0.25, 0.3) is 0 Å². The van der Waals surface area contributed by atoms with Gasteiger partial charge in [0.2, 0.25) is 0 Å². The molecule has 0 bridgehead atoms. The SMILES string of the molecule is O=C(O)C1CC(CC2CCSC2)CN1. The largest absolute Gasteiger partial charge is 0.480 e. The molecule has 2 fully saturated rings. The fourth-order valence-corrected chi connectivity index (χ4v) is 3.72. The maximum Gasteiger partial charge on any atom is 0.320 e. The van der Waals surface area contributed by atoms with E-state index in [9.17, 15) is 4.79 Å². The number of hydrogen-bond donors (Lipinski definition) is 2. The van der Waals surface area contributed by atoms with Gasteiger partial charge < -0.3 is 10.4 Å². The van der Waals surface area contributed by atoms with Gasteiger partial charge in [0, 0.05) is 0 Å². The molecule has 0 radical (unpaired) electrons. The number of carboxylic acids is 1. The molecule has 2 saturated heterocycles. The quantitative estimate of drug-likeness (QED) is 0.742. The molecule has 3 unspecified atom stereocenters. The topological polar surface area (TPSA) is 49.3 Å². The van der Waals surface area contributed by atoms with E-state index < -0.39 is 5.97 Å². The summed E-state index contributed by atoms with van der Waals surface area (Å²) in [5, 5.41) is 11.9. The zero-order chi connectivity index (χ0) is 9.97. The summed E-state index contributed by atoms with van der Waals surface area (Å²) in [5.41, 5.74) is 0. The van der Waals surface area contributed by atoms with Crippen molar-refractivity contribution in [2.24, 2.45) is 11.8 Å². The second kappa shape index (κ2) is 4.53. The van der Waals surface area contributed by atoms with Crippen molar-refractivity contribution in [1.29, 1.82) is 0 Å². The molecule has 2 rings (SSSR count). The standard InChI is InChI=1S/C10H17NO2S/c12-10(13)9-4-8(5-11-9)3-7-1-2-14-6-7/h7-9,11H,1-6H2,(H,12,13). The van der Waals surface area contributed by atoms with Crippen LogP contribution in [0.1, 0.15) is 19.3 Å². The van der Waals surface area contributed by atoms with E-state index in [1.165, 1.54) is 24.3 Å². The Bertz CT molecular complexity index is 216. The van der Waals surface area contributed by atoms with Gasteiger partial charge in [-0.05, 0) is 49.1 Å². The van der Waals surface area contributed by atoms with E-state index in [4.69, 9.17) is 5.11 Å². The molecule has 14 heavy (non-hydrogen) atoms. The van der Waals surface area contributed by atoms with Crippen molar-refractivity contribution in [3.05, 3.63) is 0 Å². The van der Waals surface area contributed by atoms with E-state index in [1.807, 2.05) is 11.8 Å². The van der Waals surface area contributed by atoms with Crippen LogP contribution in [0.5, 0.6) is 0 Å². The highest BCUT2D eigenvalue weighted by atomic mass is 32.2. The predicted molar refractivity (Wildman–Crippen MR) is 57.6 cm³/mol. The van der Waals surface area contributed by atoms with Gasteiger partial charge in [0.1, 0.15) is 6.04 Å². The highest BCUT2D eigenvalue weighted by Crippen LogP contribution is 2.31. The Kier molecular flexibility index (Phi) is 3.34. The molecule has 0 aromatic heterocycles. The second-order valence-electron chi connectivity index (χ2n) is 4.37. The molecule has 0 spiro atoms. The lowest BCUT2D eigenvalue weighted by Crippen LogP contribution is -2.29. The van der Waals surface area contributed by atoms with Crippen molar-refractivity contribution in [3.8, 4) is 0 Å². The van der Waals surface area contributed by atoms with Gasteiger partial charge >= 0.3 is 5.97 Å². The van der Waals surface area contributed by atoms with Crippen molar-refractivity contribution in [2.75, 3.05) is 18.1 Å². The molecule has 2 aliphatic heterocycles. The maximum absolute atomic E-state index is 10.7. The first-order valence-corrected chi connectivity index (χ1v) is 6.45. The Labute approximate surface area is 88.6 Å². The van der Waals surface area contributed by atoms with Crippen LogP contribution in [0.2, 0.25) is 0 Å². The van der Waals surface area contributed by atoms with Gasteiger partial charge in [-0.3, -0.25) is 4.79 Å². The Hall–Kier alpha value is -0.220. The third kappa shape index (κ3) is 2.42. The van der Waals surface area contributed by atoms with Crippen molar-refractivity contribution >= 4 is 17.7 Å². The Balaban J connectivity index is 1.75. The fourth-order valence-electron chi connectivity index (χ4n) is 2.42. The van der Waals surface area contributed by atoms with Crippen LogP contribution in [-0.2, 0) is 4.79 Å². The van der Waals surface area contributed by atoms with E-state index in [-0.39, 0.29) is 6.04 Å². The highest BCUT2D eigenvalue weighted by Gasteiger charge is 2.31. The predicted octanol–water partition coefficient (Wildman–Crippen LogP) is 1.19. The number of hydrogen-bond acceptors (Lipinski definition) is 3. The maximum atomic E-state index is 10.7. The lowest BCUT2D eigenvalue weighted by molar-refractivity contribution is -0.139. The minimum Gasteiger partial charge on any atom is -0.480 e. The lowest BCUT2D eigenvalue weighted by atomic mass is 9.92. The van der Waals surface area contributed by atoms with Gasteiger partial charge in [-0.25, -0.2) is 0 Å². The molecular weight excluding hydrogens is 198 g/mol. The average molecular weight is 215 g/mol. The van der Waals surface area contributed by atoms with Crippen LogP contribution in [0.15, 0.2) is 0 Å². The van der Waals surface area contributed by atoms with E-state index in [1.54, 1.807) is 0 Å². The van der Waals surface area contributed by atoms with Gasteiger partial charge in [-0.1, -0.05) is 0 Å². The first-order valence-electron chi connectivity index (χ1n) is 5.29. The number of carbonyl (C=O) groups is 1. The molecule has 3 nitrogen and oxygen atoms in total. The number of nitrogens with one attached hydrogen (secondary N) is 1. The van der Waals surface area contributed by atoms with Crippen LogP contribution in [0, 0.1) is 11.8 Å². The Morgan fingerprint density at radius 3 is 2.93 bits per heavy atom. The van der Waals surface area contributed by atoms with Crippen molar-refractivity contribution in [2.45, 2.75) is 25.3 Å². The molecule has 2 aliphatic rings. The molecular formula is C10H17NO2S. The van der Waals surface area contributed by atoms with Crippen LogP contribution in [0.3, 0.4) is 0 Å². The van der Waals surface area contributed by atoms with Gasteiger partial charge in [-0.15, -0.1) is 0 Å². The van der Waals surface area contributed by atoms with Crippen molar-refractivity contribution < 1.29 is 9.90 Å². The Morgan fingerprint density at radius 1 is 1.50 bits per heavy atom. The fraction of sp³-hybridized carbons (Fsp3) is 0.900. The van der Waals surface area contributed by atoms with Crippen LogP contribution in [0.4, 0.5) is 0 Å². The smallest absolute Gasteiger partial charge is 0.320 e. The van der Waals surface area contributed by atoms with E-state index in [0.717, 1.165) is 18.9 Å².